The molecule has 3 nitrogen and oxygen atoms in total. The van der Waals surface area contributed by atoms with Crippen LogP contribution in [0.25, 0.3) is 0 Å². The van der Waals surface area contributed by atoms with Gasteiger partial charge in [-0.1, -0.05) is 41.6 Å². The van der Waals surface area contributed by atoms with Gasteiger partial charge in [0.25, 0.3) is 5.76 Å². The first-order valence-electron chi connectivity index (χ1n) is 7.24. The monoisotopic (exact) mass is 371 g/mol. The number of hydrogen-bond acceptors (Lipinski definition) is 3. The van der Waals surface area contributed by atoms with E-state index in [1.807, 2.05) is 6.92 Å². The lowest BCUT2D eigenvalue weighted by Gasteiger charge is -2.12. The van der Waals surface area contributed by atoms with Gasteiger partial charge in [0.2, 0.25) is 5.91 Å². The molecule has 0 aliphatic rings. The summed E-state index contributed by atoms with van der Waals surface area (Å²) in [6.45, 7) is 2.46. The predicted molar refractivity (Wildman–Crippen MR) is 93.3 cm³/mol. The van der Waals surface area contributed by atoms with Gasteiger partial charge in [0.1, 0.15) is 5.75 Å². The summed E-state index contributed by atoms with van der Waals surface area (Å²) >= 11 is 6.26. The van der Waals surface area contributed by atoms with E-state index in [4.69, 9.17) is 16.3 Å². The Morgan fingerprint density at radius 3 is 2.58 bits per heavy atom. The van der Waals surface area contributed by atoms with Crippen molar-refractivity contribution >= 4 is 35.0 Å². The Bertz CT molecular complexity index is 695. The second-order valence-electron chi connectivity index (χ2n) is 4.80. The number of halogens is 3. The molecule has 0 atom stereocenters. The van der Waals surface area contributed by atoms with E-state index in [0.717, 1.165) is 11.3 Å². The van der Waals surface area contributed by atoms with Gasteiger partial charge in [0.15, 0.2) is 0 Å². The lowest BCUT2D eigenvalue weighted by Crippen LogP contribution is -2.15. The lowest BCUT2D eigenvalue weighted by atomic mass is 10.1. The molecule has 24 heavy (non-hydrogen) atoms. The van der Waals surface area contributed by atoms with Crippen LogP contribution in [0.15, 0.2) is 47.4 Å². The Labute approximate surface area is 148 Å². The molecule has 0 aromatic heterocycles. The van der Waals surface area contributed by atoms with Crippen molar-refractivity contribution in [1.82, 2.24) is 0 Å². The molecule has 7 heteroatoms. The number of ether oxygens (including phenoxy) is 1. The molecule has 0 saturated heterocycles. The number of carbonyl (C=O) groups is 1. The summed E-state index contributed by atoms with van der Waals surface area (Å²) in [5.74, 6) is -2.20. The van der Waals surface area contributed by atoms with Crippen molar-refractivity contribution in [3.63, 3.8) is 0 Å². The summed E-state index contributed by atoms with van der Waals surface area (Å²) < 4.78 is 30.6. The van der Waals surface area contributed by atoms with Gasteiger partial charge in [-0.25, -0.2) is 0 Å². The van der Waals surface area contributed by atoms with E-state index in [0.29, 0.717) is 18.4 Å². The van der Waals surface area contributed by atoms with Crippen LogP contribution in [0, 0.1) is 0 Å². The molecular weight excluding hydrogens is 356 g/mol. The van der Waals surface area contributed by atoms with Crippen LogP contribution in [0.2, 0.25) is 5.02 Å². The minimum Gasteiger partial charge on any atom is -0.494 e. The third kappa shape index (κ3) is 5.39. The molecule has 0 bridgehead atoms. The molecule has 2 aromatic carbocycles. The SMILES string of the molecule is CCOc1ccc(CC(=O)Nc2cccc(Cl)c2SC(F)F)cc1. The van der Waals surface area contributed by atoms with Crippen LogP contribution in [0.5, 0.6) is 5.75 Å². The maximum atomic E-state index is 12.6. The first kappa shape index (κ1) is 18.5. The first-order valence-corrected chi connectivity index (χ1v) is 8.50. The van der Waals surface area contributed by atoms with Crippen LogP contribution in [-0.2, 0) is 11.2 Å². The Balaban J connectivity index is 2.05. The quantitative estimate of drug-likeness (QED) is 0.677. The van der Waals surface area contributed by atoms with E-state index >= 15 is 0 Å². The lowest BCUT2D eigenvalue weighted by molar-refractivity contribution is -0.115. The normalized spacial score (nSPS) is 10.7. The number of alkyl halides is 2. The zero-order valence-electron chi connectivity index (χ0n) is 12.9. The van der Waals surface area contributed by atoms with Gasteiger partial charge in [-0.2, -0.15) is 8.78 Å². The first-order chi connectivity index (χ1) is 11.5. The van der Waals surface area contributed by atoms with E-state index in [9.17, 15) is 13.6 Å². The van der Waals surface area contributed by atoms with Crippen molar-refractivity contribution in [3.8, 4) is 5.75 Å². The van der Waals surface area contributed by atoms with E-state index in [1.54, 1.807) is 36.4 Å². The van der Waals surface area contributed by atoms with Crippen LogP contribution in [-0.4, -0.2) is 18.3 Å². The van der Waals surface area contributed by atoms with Crippen molar-refractivity contribution in [3.05, 3.63) is 53.1 Å². The number of anilines is 1. The highest BCUT2D eigenvalue weighted by molar-refractivity contribution is 7.99. The van der Waals surface area contributed by atoms with Gasteiger partial charge in [-0.05, 0) is 36.8 Å². The number of amides is 1. The van der Waals surface area contributed by atoms with Crippen LogP contribution < -0.4 is 10.1 Å². The summed E-state index contributed by atoms with van der Waals surface area (Å²) in [6.07, 6.45) is 0.123. The van der Waals surface area contributed by atoms with Gasteiger partial charge < -0.3 is 10.1 Å². The Kier molecular flexibility index (Phi) is 6.87. The predicted octanol–water partition coefficient (Wildman–Crippen LogP) is 5.23. The second kappa shape index (κ2) is 8.89. The van der Waals surface area contributed by atoms with E-state index < -0.39 is 5.76 Å². The van der Waals surface area contributed by atoms with E-state index in [2.05, 4.69) is 5.32 Å². The number of hydrogen-bond donors (Lipinski definition) is 1. The van der Waals surface area contributed by atoms with Gasteiger partial charge in [0, 0.05) is 0 Å². The van der Waals surface area contributed by atoms with Crippen LogP contribution in [0.1, 0.15) is 12.5 Å². The smallest absolute Gasteiger partial charge is 0.289 e. The molecule has 0 unspecified atom stereocenters. The van der Waals surface area contributed by atoms with Gasteiger partial charge in [0.05, 0.1) is 28.6 Å². The third-order valence-electron chi connectivity index (χ3n) is 3.05. The van der Waals surface area contributed by atoms with Gasteiger partial charge in [-0.15, -0.1) is 0 Å². The molecule has 0 aliphatic carbocycles. The second-order valence-corrected chi connectivity index (χ2v) is 6.20. The molecule has 0 heterocycles. The largest absolute Gasteiger partial charge is 0.494 e. The number of rotatable bonds is 7. The zero-order valence-corrected chi connectivity index (χ0v) is 14.5. The maximum absolute atomic E-state index is 12.6. The number of carbonyl (C=O) groups excluding carboxylic acids is 1. The highest BCUT2D eigenvalue weighted by atomic mass is 35.5. The summed E-state index contributed by atoms with van der Waals surface area (Å²) in [5, 5.41) is 2.82. The number of benzene rings is 2. The van der Waals surface area contributed by atoms with Crippen molar-refractivity contribution in [2.75, 3.05) is 11.9 Å². The van der Waals surface area contributed by atoms with Crippen molar-refractivity contribution in [1.29, 1.82) is 0 Å². The van der Waals surface area contributed by atoms with Crippen LogP contribution in [0.3, 0.4) is 0 Å². The minimum atomic E-state index is -2.62. The van der Waals surface area contributed by atoms with Gasteiger partial charge >= 0.3 is 0 Å². The molecule has 2 aromatic rings. The van der Waals surface area contributed by atoms with Crippen molar-refractivity contribution in [2.45, 2.75) is 24.0 Å². The minimum absolute atomic E-state index is 0.123. The Morgan fingerprint density at radius 1 is 1.25 bits per heavy atom. The number of thioether (sulfide) groups is 1. The van der Waals surface area contributed by atoms with Crippen LogP contribution in [0.4, 0.5) is 14.5 Å². The summed E-state index contributed by atoms with van der Waals surface area (Å²) in [6, 6.07) is 11.8. The zero-order chi connectivity index (χ0) is 17.5. The summed E-state index contributed by atoms with van der Waals surface area (Å²) in [5.41, 5.74) is 1.07. The fourth-order valence-corrected chi connectivity index (χ4v) is 2.98. The Morgan fingerprint density at radius 2 is 1.96 bits per heavy atom. The number of nitrogens with one attached hydrogen (secondary N) is 1. The molecule has 2 rings (SSSR count). The van der Waals surface area contributed by atoms with Gasteiger partial charge in [-0.3, -0.25) is 4.79 Å². The topological polar surface area (TPSA) is 38.3 Å². The Hall–Kier alpha value is -1.79. The molecule has 128 valence electrons. The highest BCUT2D eigenvalue weighted by Crippen LogP contribution is 2.37. The molecular formula is C17H16ClF2NO2S. The molecule has 0 spiro atoms. The van der Waals surface area contributed by atoms with E-state index in [-0.39, 0.29) is 27.9 Å². The van der Waals surface area contributed by atoms with Crippen LogP contribution >= 0.6 is 23.4 Å². The summed E-state index contributed by atoms with van der Waals surface area (Å²) in [7, 11) is 0. The average Bonchev–Trinajstić information content (AvgIpc) is 2.52. The van der Waals surface area contributed by atoms with Crippen molar-refractivity contribution < 1.29 is 18.3 Å². The van der Waals surface area contributed by atoms with E-state index in [1.165, 1.54) is 6.07 Å². The molecule has 1 amide bonds. The molecule has 0 radical (unpaired) electrons. The molecule has 0 aliphatic heterocycles. The fourth-order valence-electron chi connectivity index (χ4n) is 2.07. The summed E-state index contributed by atoms with van der Waals surface area (Å²) in [4.78, 5) is 12.3. The standard InChI is InChI=1S/C17H16ClF2NO2S/c1-2-23-12-8-6-11(7-9-12)10-15(22)21-14-5-3-4-13(18)16(14)24-17(19)20/h3-9,17H,2,10H2,1H3,(H,21,22). The molecule has 0 saturated carbocycles. The molecule has 0 fully saturated rings. The van der Waals surface area contributed by atoms with Crippen molar-refractivity contribution in [2.24, 2.45) is 0 Å². The highest BCUT2D eigenvalue weighted by Gasteiger charge is 2.15. The fraction of sp³-hybridized carbons (Fsp3) is 0.235. The molecule has 1 N–H and O–H groups in total. The average molecular weight is 372 g/mol. The third-order valence-corrected chi connectivity index (χ3v) is 4.33. The maximum Gasteiger partial charge on any atom is 0.289 e.